The van der Waals surface area contributed by atoms with Crippen molar-refractivity contribution in [2.24, 2.45) is 0 Å². The van der Waals surface area contributed by atoms with Crippen molar-refractivity contribution in [3.63, 3.8) is 0 Å². The molecule has 194 valence electrons. The van der Waals surface area contributed by atoms with E-state index in [-0.39, 0.29) is 54.2 Å². The van der Waals surface area contributed by atoms with Gasteiger partial charge in [-0.3, -0.25) is 14.4 Å². The van der Waals surface area contributed by atoms with E-state index in [1.165, 1.54) is 12.1 Å². The number of nitrogens with zero attached hydrogens (tertiary/aromatic N) is 2. The molecule has 3 amide bonds. The van der Waals surface area contributed by atoms with Crippen LogP contribution in [0, 0.1) is 6.92 Å². The minimum absolute atomic E-state index is 0.00438. The van der Waals surface area contributed by atoms with Crippen molar-refractivity contribution in [2.45, 2.75) is 76.9 Å². The summed E-state index contributed by atoms with van der Waals surface area (Å²) < 4.78 is 26.5. The van der Waals surface area contributed by atoms with Crippen molar-refractivity contribution < 1.29 is 22.8 Å². The van der Waals surface area contributed by atoms with Crippen LogP contribution < -0.4 is 5.32 Å². The fourth-order valence-electron chi connectivity index (χ4n) is 4.30. The minimum Gasteiger partial charge on any atom is -0.352 e. The molecular weight excluding hydrogens is 478 g/mol. The second-order valence-electron chi connectivity index (χ2n) is 9.17. The third-order valence-corrected chi connectivity index (χ3v) is 8.49. The van der Waals surface area contributed by atoms with Gasteiger partial charge in [-0.25, -0.2) is 12.7 Å². The summed E-state index contributed by atoms with van der Waals surface area (Å²) in [5.41, 5.74) is 2.10. The van der Waals surface area contributed by atoms with Crippen molar-refractivity contribution in [1.29, 1.82) is 0 Å². The van der Waals surface area contributed by atoms with Crippen LogP contribution in [-0.2, 0) is 26.2 Å². The average molecular weight is 514 g/mol. The number of hydrogen-bond donors (Lipinski definition) is 1. The normalized spacial score (nSPS) is 15.8. The van der Waals surface area contributed by atoms with Crippen LogP contribution >= 0.6 is 0 Å². The van der Waals surface area contributed by atoms with Crippen LogP contribution in [0.1, 0.15) is 67.9 Å². The molecule has 0 aromatic heterocycles. The first-order chi connectivity index (χ1) is 17.1. The fourth-order valence-corrected chi connectivity index (χ4v) is 5.91. The monoisotopic (exact) mass is 513 g/mol. The Bertz CT molecular complexity index is 1230. The molecule has 1 N–H and O–H groups in total. The molecule has 0 unspecified atom stereocenters. The van der Waals surface area contributed by atoms with Gasteiger partial charge in [-0.05, 0) is 56.4 Å². The summed E-state index contributed by atoms with van der Waals surface area (Å²) >= 11 is 0. The zero-order chi connectivity index (χ0) is 26.5. The molecule has 1 heterocycles. The first-order valence-electron chi connectivity index (χ1n) is 12.4. The highest BCUT2D eigenvalue weighted by Gasteiger charge is 2.40. The minimum atomic E-state index is -3.92. The third kappa shape index (κ3) is 5.78. The molecule has 3 rings (SSSR count). The summed E-state index contributed by atoms with van der Waals surface area (Å²) in [6.45, 7) is 7.89. The van der Waals surface area contributed by atoms with E-state index in [0.29, 0.717) is 6.42 Å². The van der Waals surface area contributed by atoms with Crippen LogP contribution in [0.3, 0.4) is 0 Å². The number of sulfonamides is 1. The van der Waals surface area contributed by atoms with E-state index in [4.69, 9.17) is 0 Å². The Hall–Kier alpha value is -3.20. The number of rotatable bonds is 11. The lowest BCUT2D eigenvalue weighted by Crippen LogP contribution is -2.50. The summed E-state index contributed by atoms with van der Waals surface area (Å²) in [4.78, 5) is 40.8. The van der Waals surface area contributed by atoms with Gasteiger partial charge in [0.05, 0.1) is 5.56 Å². The average Bonchev–Trinajstić information content (AvgIpc) is 3.05. The van der Waals surface area contributed by atoms with Crippen LogP contribution in [0.25, 0.3) is 0 Å². The van der Waals surface area contributed by atoms with Gasteiger partial charge < -0.3 is 10.2 Å². The second kappa shape index (κ2) is 11.7. The van der Waals surface area contributed by atoms with Gasteiger partial charge in [-0.1, -0.05) is 50.2 Å². The zero-order valence-corrected chi connectivity index (χ0v) is 22.2. The van der Waals surface area contributed by atoms with Gasteiger partial charge in [0.1, 0.15) is 10.9 Å². The van der Waals surface area contributed by atoms with E-state index in [1.807, 2.05) is 52.0 Å². The topological polar surface area (TPSA) is 104 Å². The largest absolute Gasteiger partial charge is 0.352 e. The lowest BCUT2D eigenvalue weighted by molar-refractivity contribution is -0.141. The van der Waals surface area contributed by atoms with Gasteiger partial charge in [0.25, 0.3) is 15.9 Å². The Morgan fingerprint density at radius 1 is 1.03 bits per heavy atom. The van der Waals surface area contributed by atoms with E-state index < -0.39 is 22.0 Å². The number of carbonyl (C=O) groups excluding carboxylic acids is 3. The molecule has 36 heavy (non-hydrogen) atoms. The maximum absolute atomic E-state index is 13.4. The van der Waals surface area contributed by atoms with Gasteiger partial charge in [-0.15, -0.1) is 0 Å². The molecule has 2 aromatic carbocycles. The highest BCUT2D eigenvalue weighted by molar-refractivity contribution is 7.90. The molecule has 2 aromatic rings. The zero-order valence-electron chi connectivity index (χ0n) is 21.4. The van der Waals surface area contributed by atoms with Crippen molar-refractivity contribution in [2.75, 3.05) is 6.54 Å². The molecule has 0 spiro atoms. The molecule has 0 fully saturated rings. The molecule has 2 atom stereocenters. The highest BCUT2D eigenvalue weighted by atomic mass is 32.2. The molecule has 9 heteroatoms. The van der Waals surface area contributed by atoms with E-state index in [0.717, 1.165) is 21.9 Å². The van der Waals surface area contributed by atoms with Crippen molar-refractivity contribution in [3.05, 3.63) is 65.2 Å². The second-order valence-corrected chi connectivity index (χ2v) is 11.0. The van der Waals surface area contributed by atoms with Crippen LogP contribution in [0.4, 0.5) is 0 Å². The van der Waals surface area contributed by atoms with Crippen molar-refractivity contribution in [3.8, 4) is 0 Å². The van der Waals surface area contributed by atoms with Gasteiger partial charge >= 0.3 is 0 Å². The quantitative estimate of drug-likeness (QED) is 0.494. The summed E-state index contributed by atoms with van der Waals surface area (Å²) in [5, 5.41) is 2.98. The Morgan fingerprint density at radius 3 is 2.33 bits per heavy atom. The van der Waals surface area contributed by atoms with E-state index in [9.17, 15) is 22.8 Å². The number of fused-ring (bicyclic) bond motifs is 1. The smallest absolute Gasteiger partial charge is 0.269 e. The number of hydrogen-bond acceptors (Lipinski definition) is 5. The Kier molecular flexibility index (Phi) is 8.89. The summed E-state index contributed by atoms with van der Waals surface area (Å²) in [7, 11) is -3.92. The number of nitrogens with one attached hydrogen (secondary N) is 1. The molecule has 8 nitrogen and oxygen atoms in total. The molecule has 0 saturated carbocycles. The molecule has 0 radical (unpaired) electrons. The number of amides is 3. The SMILES string of the molecule is CC[C@@H](C)NC(=O)[C@H](CC)N(Cc1ccccc1C)C(=O)CCCN1C(=O)c2ccccc2S1(=O)=O. The molecule has 0 aliphatic carbocycles. The van der Waals surface area contributed by atoms with Crippen molar-refractivity contribution in [1.82, 2.24) is 14.5 Å². The summed E-state index contributed by atoms with van der Waals surface area (Å²) in [6.07, 6.45) is 1.38. The Labute approximate surface area is 213 Å². The van der Waals surface area contributed by atoms with Gasteiger partial charge in [-0.2, -0.15) is 0 Å². The lowest BCUT2D eigenvalue weighted by atomic mass is 10.0. The number of aryl methyl sites for hydroxylation is 1. The molecule has 0 bridgehead atoms. The van der Waals surface area contributed by atoms with Crippen LogP contribution in [0.5, 0.6) is 0 Å². The maximum Gasteiger partial charge on any atom is 0.269 e. The van der Waals surface area contributed by atoms with Gasteiger partial charge in [0.15, 0.2) is 0 Å². The Morgan fingerprint density at radius 2 is 1.69 bits per heavy atom. The molecule has 1 aliphatic rings. The van der Waals surface area contributed by atoms with Gasteiger partial charge in [0, 0.05) is 25.6 Å². The highest BCUT2D eigenvalue weighted by Crippen LogP contribution is 2.30. The van der Waals surface area contributed by atoms with E-state index in [2.05, 4.69) is 5.32 Å². The van der Waals surface area contributed by atoms with Crippen LogP contribution in [0.15, 0.2) is 53.4 Å². The first-order valence-corrected chi connectivity index (χ1v) is 13.9. The predicted octanol–water partition coefficient (Wildman–Crippen LogP) is 3.64. The molecule has 0 saturated heterocycles. The fraction of sp³-hybridized carbons (Fsp3) is 0.444. The molecule has 1 aliphatic heterocycles. The lowest BCUT2D eigenvalue weighted by Gasteiger charge is -2.32. The number of carbonyl (C=O) groups is 3. The van der Waals surface area contributed by atoms with Crippen LogP contribution in [-0.4, -0.2) is 54.0 Å². The third-order valence-electron chi connectivity index (χ3n) is 6.65. The maximum atomic E-state index is 13.4. The van der Waals surface area contributed by atoms with E-state index >= 15 is 0 Å². The number of benzene rings is 2. The van der Waals surface area contributed by atoms with E-state index in [1.54, 1.807) is 17.0 Å². The summed E-state index contributed by atoms with van der Waals surface area (Å²) in [6, 6.07) is 13.1. The van der Waals surface area contributed by atoms with Crippen LogP contribution in [0.2, 0.25) is 0 Å². The summed E-state index contributed by atoms with van der Waals surface area (Å²) in [5.74, 6) is -1.04. The van der Waals surface area contributed by atoms with Crippen molar-refractivity contribution >= 4 is 27.7 Å². The predicted molar refractivity (Wildman–Crippen MR) is 138 cm³/mol. The van der Waals surface area contributed by atoms with Gasteiger partial charge in [0.2, 0.25) is 11.8 Å². The first kappa shape index (κ1) is 27.4. The molecular formula is C27H35N3O5S. The Balaban J connectivity index is 1.76. The standard InChI is InChI=1S/C27H35N3O5S/c1-5-20(4)28-26(32)23(6-2)29(18-21-13-8-7-12-19(21)3)25(31)16-11-17-30-27(33)22-14-9-10-15-24(22)36(30,34)35/h7-10,12-15,20,23H,5-6,11,16-18H2,1-4H3,(H,28,32)/t20-,23+/m1/s1.